The molecular weight excluding hydrogens is 354 g/mol. The molecule has 1 aromatic carbocycles. The molecule has 0 saturated carbocycles. The van der Waals surface area contributed by atoms with Crippen molar-refractivity contribution in [3.63, 3.8) is 0 Å². The van der Waals surface area contributed by atoms with Gasteiger partial charge in [0, 0.05) is 3.57 Å². The Bertz CT molecular complexity index is 569. The van der Waals surface area contributed by atoms with Gasteiger partial charge in [0.15, 0.2) is 0 Å². The van der Waals surface area contributed by atoms with Crippen LogP contribution in [0.15, 0.2) is 24.4 Å². The third kappa shape index (κ3) is 2.70. The largest absolute Gasteiger partial charge is 0.383 e. The number of aromatic amines is 1. The summed E-state index contributed by atoms with van der Waals surface area (Å²) in [6.45, 7) is 0. The number of anilines is 2. The topological polar surface area (TPSA) is 83.8 Å². The van der Waals surface area contributed by atoms with E-state index in [1.807, 2.05) is 6.07 Å². The summed E-state index contributed by atoms with van der Waals surface area (Å²) in [5.41, 5.74) is 6.38. The van der Waals surface area contributed by atoms with Gasteiger partial charge in [0.25, 0.3) is 5.91 Å². The lowest BCUT2D eigenvalue weighted by Crippen LogP contribution is -2.13. The Kier molecular flexibility index (Phi) is 3.53. The summed E-state index contributed by atoms with van der Waals surface area (Å²) in [5.74, 6) is -0.122. The smallest absolute Gasteiger partial charge is 0.261 e. The van der Waals surface area contributed by atoms with Gasteiger partial charge in [0.2, 0.25) is 0 Å². The van der Waals surface area contributed by atoms with E-state index in [0.29, 0.717) is 16.3 Å². The molecular formula is C10H8ClIN4O. The number of H-pyrrole nitrogens is 1. The predicted octanol–water partition coefficient (Wildman–Crippen LogP) is 2.50. The summed E-state index contributed by atoms with van der Waals surface area (Å²) < 4.78 is 0.994. The number of halogens is 2. The van der Waals surface area contributed by atoms with E-state index in [9.17, 15) is 4.79 Å². The fraction of sp³-hybridized carbons (Fsp3) is 0. The van der Waals surface area contributed by atoms with Gasteiger partial charge in [-0.25, -0.2) is 0 Å². The molecule has 0 aliphatic heterocycles. The molecule has 5 nitrogen and oxygen atoms in total. The Hall–Kier alpha value is -1.28. The van der Waals surface area contributed by atoms with Crippen molar-refractivity contribution in [2.24, 2.45) is 0 Å². The number of nitrogen functional groups attached to an aromatic ring is 1. The number of amides is 1. The molecule has 2 rings (SSSR count). The number of hydrogen-bond acceptors (Lipinski definition) is 3. The maximum atomic E-state index is 11.8. The first-order chi connectivity index (χ1) is 8.08. The van der Waals surface area contributed by atoms with Crippen molar-refractivity contribution in [3.05, 3.63) is 38.6 Å². The summed E-state index contributed by atoms with van der Waals surface area (Å²) in [6.07, 6.45) is 1.37. The van der Waals surface area contributed by atoms with Crippen LogP contribution in [0.3, 0.4) is 0 Å². The van der Waals surface area contributed by atoms with Crippen LogP contribution >= 0.6 is 34.2 Å². The number of rotatable bonds is 2. The Morgan fingerprint density at radius 2 is 2.29 bits per heavy atom. The van der Waals surface area contributed by atoms with Crippen LogP contribution in [-0.4, -0.2) is 16.1 Å². The van der Waals surface area contributed by atoms with Crippen LogP contribution in [0.2, 0.25) is 5.02 Å². The van der Waals surface area contributed by atoms with Crippen LogP contribution in [0.5, 0.6) is 0 Å². The highest BCUT2D eigenvalue weighted by Crippen LogP contribution is 2.24. The SMILES string of the molecule is Nc1[nH]ncc1C(=O)Nc1ccc(I)cc1Cl. The molecule has 0 spiro atoms. The second kappa shape index (κ2) is 4.92. The van der Waals surface area contributed by atoms with Crippen LogP contribution in [0.1, 0.15) is 10.4 Å². The van der Waals surface area contributed by atoms with Gasteiger partial charge in [-0.2, -0.15) is 5.10 Å². The first-order valence-corrected chi connectivity index (χ1v) is 6.09. The summed E-state index contributed by atoms with van der Waals surface area (Å²) in [4.78, 5) is 11.8. The van der Waals surface area contributed by atoms with Crippen molar-refractivity contribution in [1.29, 1.82) is 0 Å². The van der Waals surface area contributed by atoms with Crippen LogP contribution in [-0.2, 0) is 0 Å². The molecule has 1 amide bonds. The molecule has 0 bridgehead atoms. The van der Waals surface area contributed by atoms with Crippen LogP contribution in [0.4, 0.5) is 11.5 Å². The van der Waals surface area contributed by atoms with Crippen molar-refractivity contribution < 1.29 is 4.79 Å². The van der Waals surface area contributed by atoms with Crippen molar-refractivity contribution in [2.45, 2.75) is 0 Å². The zero-order valence-electron chi connectivity index (χ0n) is 8.50. The normalized spacial score (nSPS) is 10.2. The average Bonchev–Trinajstić information content (AvgIpc) is 2.68. The van der Waals surface area contributed by atoms with Crippen molar-refractivity contribution in [2.75, 3.05) is 11.1 Å². The lowest BCUT2D eigenvalue weighted by Gasteiger charge is -2.06. The fourth-order valence-electron chi connectivity index (χ4n) is 1.26. The average molecular weight is 363 g/mol. The first kappa shape index (κ1) is 12.2. The molecule has 0 atom stereocenters. The number of benzene rings is 1. The van der Waals surface area contributed by atoms with Crippen LogP contribution in [0, 0.1) is 3.57 Å². The molecule has 17 heavy (non-hydrogen) atoms. The van der Waals surface area contributed by atoms with Crippen LogP contribution < -0.4 is 11.1 Å². The van der Waals surface area contributed by atoms with E-state index in [0.717, 1.165) is 3.57 Å². The van der Waals surface area contributed by atoms with Gasteiger partial charge < -0.3 is 11.1 Å². The van der Waals surface area contributed by atoms with Crippen LogP contribution in [0.25, 0.3) is 0 Å². The lowest BCUT2D eigenvalue weighted by atomic mass is 10.2. The molecule has 1 heterocycles. The summed E-state index contributed by atoms with van der Waals surface area (Å²) in [7, 11) is 0. The second-order valence-electron chi connectivity index (χ2n) is 3.28. The Morgan fingerprint density at radius 3 is 2.88 bits per heavy atom. The monoisotopic (exact) mass is 362 g/mol. The highest BCUT2D eigenvalue weighted by Gasteiger charge is 2.13. The van der Waals surface area contributed by atoms with Gasteiger partial charge in [-0.1, -0.05) is 11.6 Å². The second-order valence-corrected chi connectivity index (χ2v) is 4.93. The molecule has 0 fully saturated rings. The number of hydrogen-bond donors (Lipinski definition) is 3. The zero-order chi connectivity index (χ0) is 12.4. The van der Waals surface area contributed by atoms with Gasteiger partial charge in [0.05, 0.1) is 16.9 Å². The molecule has 4 N–H and O–H groups in total. The van der Waals surface area contributed by atoms with E-state index in [2.05, 4.69) is 38.1 Å². The summed E-state index contributed by atoms with van der Waals surface area (Å²) in [5, 5.41) is 9.31. The van der Waals surface area contributed by atoms with E-state index in [1.54, 1.807) is 12.1 Å². The minimum absolute atomic E-state index is 0.226. The van der Waals surface area contributed by atoms with E-state index < -0.39 is 0 Å². The fourth-order valence-corrected chi connectivity index (χ4v) is 2.16. The third-order valence-electron chi connectivity index (χ3n) is 2.09. The van der Waals surface area contributed by atoms with Crippen molar-refractivity contribution >= 4 is 51.6 Å². The minimum Gasteiger partial charge on any atom is -0.383 e. The highest BCUT2D eigenvalue weighted by molar-refractivity contribution is 14.1. The number of carbonyl (C=O) groups is 1. The van der Waals surface area contributed by atoms with E-state index in [4.69, 9.17) is 17.3 Å². The number of nitrogens with zero attached hydrogens (tertiary/aromatic N) is 1. The van der Waals surface area contributed by atoms with Gasteiger partial charge in [-0.05, 0) is 40.8 Å². The van der Waals surface area contributed by atoms with E-state index in [1.165, 1.54) is 6.20 Å². The molecule has 0 radical (unpaired) electrons. The Morgan fingerprint density at radius 1 is 1.53 bits per heavy atom. The van der Waals surface area contributed by atoms with E-state index >= 15 is 0 Å². The molecule has 2 aromatic rings. The number of nitrogens with one attached hydrogen (secondary N) is 2. The van der Waals surface area contributed by atoms with Gasteiger partial charge >= 0.3 is 0 Å². The van der Waals surface area contributed by atoms with Gasteiger partial charge in [-0.15, -0.1) is 0 Å². The molecule has 0 aliphatic rings. The van der Waals surface area contributed by atoms with Gasteiger partial charge in [-0.3, -0.25) is 9.89 Å². The maximum absolute atomic E-state index is 11.8. The third-order valence-corrected chi connectivity index (χ3v) is 3.08. The first-order valence-electron chi connectivity index (χ1n) is 4.63. The van der Waals surface area contributed by atoms with Gasteiger partial charge in [0.1, 0.15) is 11.4 Å². The highest BCUT2D eigenvalue weighted by atomic mass is 127. The molecule has 1 aromatic heterocycles. The number of carbonyl (C=O) groups excluding carboxylic acids is 1. The summed E-state index contributed by atoms with van der Waals surface area (Å²) >= 11 is 8.14. The predicted molar refractivity (Wildman–Crippen MR) is 75.1 cm³/mol. The zero-order valence-corrected chi connectivity index (χ0v) is 11.4. The lowest BCUT2D eigenvalue weighted by molar-refractivity contribution is 0.102. The van der Waals surface area contributed by atoms with Crippen molar-refractivity contribution in [1.82, 2.24) is 10.2 Å². The Balaban J connectivity index is 2.22. The standard InChI is InChI=1S/C10H8ClIN4O/c11-7-3-5(12)1-2-8(7)15-10(17)6-4-14-16-9(6)13/h1-4H,(H,15,17)(H3,13,14,16). The van der Waals surface area contributed by atoms with Crippen molar-refractivity contribution in [3.8, 4) is 0 Å². The number of aromatic nitrogens is 2. The maximum Gasteiger partial charge on any atom is 0.261 e. The number of nitrogens with two attached hydrogens (primary N) is 1. The summed E-state index contributed by atoms with van der Waals surface area (Å²) in [6, 6.07) is 5.34. The minimum atomic E-state index is -0.348. The molecule has 88 valence electrons. The molecule has 0 aliphatic carbocycles. The molecule has 7 heteroatoms. The molecule has 0 unspecified atom stereocenters. The Labute approximate surface area is 116 Å². The molecule has 0 saturated heterocycles. The van der Waals surface area contributed by atoms with E-state index in [-0.39, 0.29) is 11.7 Å². The quantitative estimate of drug-likeness (QED) is 0.718.